The van der Waals surface area contributed by atoms with Crippen molar-refractivity contribution in [3.8, 4) is 0 Å². The first-order chi connectivity index (χ1) is 12.2. The summed E-state index contributed by atoms with van der Waals surface area (Å²) in [6, 6.07) is 9.88. The molecule has 130 valence electrons. The van der Waals surface area contributed by atoms with Crippen LogP contribution in [0.4, 0.5) is 0 Å². The highest BCUT2D eigenvalue weighted by atomic mass is 16.5. The van der Waals surface area contributed by atoms with Gasteiger partial charge in [-0.3, -0.25) is 4.79 Å². The third kappa shape index (κ3) is 3.50. The van der Waals surface area contributed by atoms with Crippen LogP contribution < -0.4 is 10.2 Å². The summed E-state index contributed by atoms with van der Waals surface area (Å²) in [4.78, 5) is 18.3. The van der Waals surface area contributed by atoms with Crippen LogP contribution in [0.5, 0.6) is 0 Å². The van der Waals surface area contributed by atoms with Gasteiger partial charge in [-0.05, 0) is 30.7 Å². The van der Waals surface area contributed by atoms with Crippen molar-refractivity contribution in [1.29, 1.82) is 0 Å². The number of carbonyl (C=O) groups is 1. The number of hydrogen-bond acceptors (Lipinski definition) is 4. The maximum atomic E-state index is 12.3. The van der Waals surface area contributed by atoms with Crippen molar-refractivity contribution in [2.45, 2.75) is 6.92 Å². The van der Waals surface area contributed by atoms with Crippen molar-refractivity contribution in [2.75, 3.05) is 39.4 Å². The summed E-state index contributed by atoms with van der Waals surface area (Å²) in [6.07, 6.45) is 0. The smallest absolute Gasteiger partial charge is 0.287 e. The Balaban J connectivity index is 1.46. The fourth-order valence-electron chi connectivity index (χ4n) is 3.20. The number of carbonyl (C=O) groups excluding carboxylic acids is 1. The number of fused-ring (bicyclic) bond motifs is 2. The zero-order chi connectivity index (χ0) is 17.2. The summed E-state index contributed by atoms with van der Waals surface area (Å²) >= 11 is 0. The SMILES string of the molecule is Cc1ccc2cc3cc(C(=O)NCC[NH+]4CCOCC4)oc3nc2c1. The molecule has 1 aliphatic heterocycles. The number of morpholine rings is 1. The topological polar surface area (TPSA) is 68.8 Å². The van der Waals surface area contributed by atoms with Crippen LogP contribution in [0, 0.1) is 6.92 Å². The first-order valence-electron chi connectivity index (χ1n) is 8.69. The number of amides is 1. The molecule has 0 saturated carbocycles. The number of rotatable bonds is 4. The second-order valence-electron chi connectivity index (χ2n) is 6.56. The predicted octanol–water partition coefficient (Wildman–Crippen LogP) is 0.934. The lowest BCUT2D eigenvalue weighted by Gasteiger charge is -2.23. The van der Waals surface area contributed by atoms with E-state index in [1.165, 1.54) is 4.90 Å². The zero-order valence-corrected chi connectivity index (χ0v) is 14.3. The number of aromatic nitrogens is 1. The third-order valence-corrected chi connectivity index (χ3v) is 4.65. The molecule has 25 heavy (non-hydrogen) atoms. The van der Waals surface area contributed by atoms with Gasteiger partial charge in [0.15, 0.2) is 5.76 Å². The van der Waals surface area contributed by atoms with Crippen LogP contribution >= 0.6 is 0 Å². The van der Waals surface area contributed by atoms with Crippen molar-refractivity contribution < 1.29 is 18.8 Å². The monoisotopic (exact) mass is 340 g/mol. The average Bonchev–Trinajstić information content (AvgIpc) is 3.03. The van der Waals surface area contributed by atoms with E-state index in [1.54, 1.807) is 6.07 Å². The Labute approximate surface area is 145 Å². The van der Waals surface area contributed by atoms with Gasteiger partial charge >= 0.3 is 0 Å². The molecular weight excluding hydrogens is 318 g/mol. The van der Waals surface area contributed by atoms with Gasteiger partial charge in [-0.15, -0.1) is 0 Å². The molecule has 0 aliphatic carbocycles. The summed E-state index contributed by atoms with van der Waals surface area (Å²) in [5.41, 5.74) is 2.53. The number of ether oxygens (including phenoxy) is 1. The molecule has 1 aliphatic rings. The van der Waals surface area contributed by atoms with Crippen LogP contribution in [-0.4, -0.2) is 50.3 Å². The van der Waals surface area contributed by atoms with E-state index in [-0.39, 0.29) is 5.91 Å². The molecule has 6 heteroatoms. The summed E-state index contributed by atoms with van der Waals surface area (Å²) in [7, 11) is 0. The third-order valence-electron chi connectivity index (χ3n) is 4.65. The van der Waals surface area contributed by atoms with Crippen molar-refractivity contribution >= 4 is 27.9 Å². The van der Waals surface area contributed by atoms with Gasteiger partial charge in [-0.1, -0.05) is 12.1 Å². The molecule has 6 nitrogen and oxygen atoms in total. The molecule has 4 rings (SSSR count). The molecule has 0 bridgehead atoms. The normalized spacial score (nSPS) is 15.7. The first kappa shape index (κ1) is 16.1. The minimum absolute atomic E-state index is 0.189. The van der Waals surface area contributed by atoms with E-state index < -0.39 is 0 Å². The van der Waals surface area contributed by atoms with Gasteiger partial charge < -0.3 is 19.4 Å². The molecule has 0 radical (unpaired) electrons. The van der Waals surface area contributed by atoms with E-state index in [0.29, 0.717) is 18.0 Å². The highest BCUT2D eigenvalue weighted by Crippen LogP contribution is 2.23. The Hall–Kier alpha value is -2.44. The number of aryl methyl sites for hydroxylation is 1. The molecule has 1 aromatic carbocycles. The Bertz CT molecular complexity index is 913. The van der Waals surface area contributed by atoms with E-state index in [9.17, 15) is 4.79 Å². The average molecular weight is 340 g/mol. The molecule has 0 atom stereocenters. The second-order valence-corrected chi connectivity index (χ2v) is 6.56. The van der Waals surface area contributed by atoms with Crippen LogP contribution in [-0.2, 0) is 4.74 Å². The van der Waals surface area contributed by atoms with Crippen LogP contribution in [0.25, 0.3) is 22.0 Å². The van der Waals surface area contributed by atoms with Crippen molar-refractivity contribution in [2.24, 2.45) is 0 Å². The number of pyridine rings is 1. The number of quaternary nitrogens is 1. The molecule has 2 N–H and O–H groups in total. The predicted molar refractivity (Wildman–Crippen MR) is 95.0 cm³/mol. The molecule has 1 fully saturated rings. The number of nitrogens with zero attached hydrogens (tertiary/aromatic N) is 1. The van der Waals surface area contributed by atoms with Gasteiger partial charge in [-0.25, -0.2) is 4.98 Å². The second kappa shape index (κ2) is 6.82. The number of nitrogens with one attached hydrogen (secondary N) is 2. The lowest BCUT2D eigenvalue weighted by molar-refractivity contribution is -0.906. The molecule has 3 heterocycles. The van der Waals surface area contributed by atoms with Gasteiger partial charge in [0, 0.05) is 10.8 Å². The lowest BCUT2D eigenvalue weighted by atomic mass is 10.1. The highest BCUT2D eigenvalue weighted by Gasteiger charge is 2.16. The Morgan fingerprint density at radius 3 is 2.88 bits per heavy atom. The summed E-state index contributed by atoms with van der Waals surface area (Å²) < 4.78 is 11.0. The Morgan fingerprint density at radius 1 is 1.20 bits per heavy atom. The van der Waals surface area contributed by atoms with Gasteiger partial charge in [0.1, 0.15) is 13.1 Å². The van der Waals surface area contributed by atoms with Crippen LogP contribution in [0.2, 0.25) is 0 Å². The van der Waals surface area contributed by atoms with E-state index in [0.717, 1.165) is 54.7 Å². The fourth-order valence-corrected chi connectivity index (χ4v) is 3.20. The zero-order valence-electron chi connectivity index (χ0n) is 14.3. The number of benzene rings is 1. The van der Waals surface area contributed by atoms with Crippen molar-refractivity contribution in [3.05, 3.63) is 41.7 Å². The van der Waals surface area contributed by atoms with Crippen LogP contribution in [0.15, 0.2) is 34.7 Å². The minimum Gasteiger partial charge on any atom is -0.433 e. The van der Waals surface area contributed by atoms with Gasteiger partial charge in [0.2, 0.25) is 5.71 Å². The Morgan fingerprint density at radius 2 is 2.04 bits per heavy atom. The molecular formula is C19H22N3O3+. The molecule has 0 spiro atoms. The molecule has 0 unspecified atom stereocenters. The van der Waals surface area contributed by atoms with Gasteiger partial charge in [0.25, 0.3) is 5.91 Å². The van der Waals surface area contributed by atoms with E-state index in [2.05, 4.69) is 16.4 Å². The maximum Gasteiger partial charge on any atom is 0.287 e. The number of hydrogen-bond donors (Lipinski definition) is 2. The molecule has 1 amide bonds. The summed E-state index contributed by atoms with van der Waals surface area (Å²) in [5.74, 6) is 0.123. The molecule has 1 saturated heterocycles. The van der Waals surface area contributed by atoms with Crippen molar-refractivity contribution in [3.63, 3.8) is 0 Å². The van der Waals surface area contributed by atoms with E-state index in [4.69, 9.17) is 9.15 Å². The first-order valence-corrected chi connectivity index (χ1v) is 8.69. The standard InChI is InChI=1S/C19H21N3O3/c1-13-2-3-14-11-15-12-17(25-19(15)21-16(14)10-13)18(23)20-4-5-22-6-8-24-9-7-22/h2-3,10-12H,4-9H2,1H3,(H,20,23)/p+1. The fraction of sp³-hybridized carbons (Fsp3) is 0.368. The summed E-state index contributed by atoms with van der Waals surface area (Å²) in [5, 5.41) is 4.83. The van der Waals surface area contributed by atoms with Gasteiger partial charge in [0.05, 0.1) is 31.8 Å². The van der Waals surface area contributed by atoms with E-state index in [1.807, 2.05) is 25.1 Å². The largest absolute Gasteiger partial charge is 0.433 e. The Kier molecular flexibility index (Phi) is 4.38. The molecule has 2 aromatic heterocycles. The van der Waals surface area contributed by atoms with E-state index >= 15 is 0 Å². The van der Waals surface area contributed by atoms with Crippen LogP contribution in [0.3, 0.4) is 0 Å². The van der Waals surface area contributed by atoms with Crippen molar-refractivity contribution in [1.82, 2.24) is 10.3 Å². The maximum absolute atomic E-state index is 12.3. The highest BCUT2D eigenvalue weighted by molar-refractivity contribution is 5.98. The van der Waals surface area contributed by atoms with Crippen LogP contribution in [0.1, 0.15) is 16.1 Å². The molecule has 3 aromatic rings. The summed E-state index contributed by atoms with van der Waals surface area (Å²) in [6.45, 7) is 7.14. The lowest BCUT2D eigenvalue weighted by Crippen LogP contribution is -3.14. The number of furan rings is 1. The minimum atomic E-state index is -0.189. The van der Waals surface area contributed by atoms with Gasteiger partial charge in [-0.2, -0.15) is 0 Å². The quantitative estimate of drug-likeness (QED) is 0.742.